The van der Waals surface area contributed by atoms with Crippen molar-refractivity contribution < 1.29 is 4.39 Å². The van der Waals surface area contributed by atoms with Crippen molar-refractivity contribution in [2.75, 3.05) is 18.5 Å². The SMILES string of the molecule is CCCNCc1cccc(F)c1N(C)Cc1cccnc1. The van der Waals surface area contributed by atoms with Gasteiger partial charge in [0.05, 0.1) is 5.69 Å². The summed E-state index contributed by atoms with van der Waals surface area (Å²) in [5.74, 6) is -0.183. The topological polar surface area (TPSA) is 28.2 Å². The summed E-state index contributed by atoms with van der Waals surface area (Å²) in [6.07, 6.45) is 4.62. The molecule has 0 atom stereocenters. The number of hydrogen-bond acceptors (Lipinski definition) is 3. The summed E-state index contributed by atoms with van der Waals surface area (Å²) in [7, 11) is 1.91. The zero-order valence-electron chi connectivity index (χ0n) is 12.6. The fourth-order valence-electron chi connectivity index (χ4n) is 2.37. The normalized spacial score (nSPS) is 10.6. The van der Waals surface area contributed by atoms with Crippen LogP contribution in [0.4, 0.5) is 10.1 Å². The van der Waals surface area contributed by atoms with E-state index in [1.54, 1.807) is 12.3 Å². The lowest BCUT2D eigenvalue weighted by Crippen LogP contribution is -2.22. The Morgan fingerprint density at radius 1 is 1.24 bits per heavy atom. The van der Waals surface area contributed by atoms with Crippen LogP contribution in [0.25, 0.3) is 0 Å². The first-order valence-corrected chi connectivity index (χ1v) is 7.30. The maximum absolute atomic E-state index is 14.2. The smallest absolute Gasteiger partial charge is 0.146 e. The molecule has 0 saturated heterocycles. The third-order valence-corrected chi connectivity index (χ3v) is 3.34. The third kappa shape index (κ3) is 4.26. The summed E-state index contributed by atoms with van der Waals surface area (Å²) in [5, 5.41) is 3.33. The Hall–Kier alpha value is -1.94. The maximum atomic E-state index is 14.2. The van der Waals surface area contributed by atoms with Crippen molar-refractivity contribution in [2.24, 2.45) is 0 Å². The number of para-hydroxylation sites is 1. The molecule has 0 saturated carbocycles. The van der Waals surface area contributed by atoms with Crippen LogP contribution in [0.5, 0.6) is 0 Å². The second-order valence-electron chi connectivity index (χ2n) is 5.14. The van der Waals surface area contributed by atoms with E-state index in [0.29, 0.717) is 18.8 Å². The summed E-state index contributed by atoms with van der Waals surface area (Å²) < 4.78 is 14.2. The van der Waals surface area contributed by atoms with Crippen molar-refractivity contribution in [3.63, 3.8) is 0 Å². The molecule has 4 heteroatoms. The number of nitrogens with one attached hydrogen (secondary N) is 1. The molecule has 0 unspecified atom stereocenters. The fourth-order valence-corrected chi connectivity index (χ4v) is 2.37. The van der Waals surface area contributed by atoms with Crippen molar-refractivity contribution in [2.45, 2.75) is 26.4 Å². The summed E-state index contributed by atoms with van der Waals surface area (Å²) in [5.41, 5.74) is 2.70. The standard InChI is InChI=1S/C17H22FN3/c1-3-9-19-12-15-7-4-8-16(18)17(15)21(2)13-14-6-5-10-20-11-14/h4-8,10-11,19H,3,9,12-13H2,1-2H3. The van der Waals surface area contributed by atoms with E-state index in [9.17, 15) is 4.39 Å². The van der Waals surface area contributed by atoms with E-state index in [4.69, 9.17) is 0 Å². The number of benzene rings is 1. The molecule has 3 nitrogen and oxygen atoms in total. The van der Waals surface area contributed by atoms with E-state index >= 15 is 0 Å². The molecular weight excluding hydrogens is 265 g/mol. The molecule has 0 bridgehead atoms. The molecule has 2 aromatic rings. The Labute approximate surface area is 125 Å². The minimum absolute atomic E-state index is 0.183. The van der Waals surface area contributed by atoms with Gasteiger partial charge >= 0.3 is 0 Å². The van der Waals surface area contributed by atoms with Crippen LogP contribution in [-0.2, 0) is 13.1 Å². The maximum Gasteiger partial charge on any atom is 0.146 e. The zero-order valence-corrected chi connectivity index (χ0v) is 12.6. The first-order chi connectivity index (χ1) is 10.2. The molecule has 21 heavy (non-hydrogen) atoms. The molecule has 1 N–H and O–H groups in total. The van der Waals surface area contributed by atoms with Crippen molar-refractivity contribution >= 4 is 5.69 Å². The number of halogens is 1. The van der Waals surface area contributed by atoms with Crippen LogP contribution in [0.3, 0.4) is 0 Å². The highest BCUT2D eigenvalue weighted by atomic mass is 19.1. The predicted octanol–water partition coefficient (Wildman–Crippen LogP) is 3.36. The van der Waals surface area contributed by atoms with Gasteiger partial charge in [0.1, 0.15) is 5.82 Å². The van der Waals surface area contributed by atoms with Crippen LogP contribution in [0, 0.1) is 5.82 Å². The molecule has 0 amide bonds. The Morgan fingerprint density at radius 2 is 2.10 bits per heavy atom. The van der Waals surface area contributed by atoms with Crippen molar-refractivity contribution in [3.05, 3.63) is 59.7 Å². The summed E-state index contributed by atoms with van der Waals surface area (Å²) in [6, 6.07) is 9.15. The quantitative estimate of drug-likeness (QED) is 0.792. The van der Waals surface area contributed by atoms with Crippen LogP contribution in [0.1, 0.15) is 24.5 Å². The highest BCUT2D eigenvalue weighted by Crippen LogP contribution is 2.24. The highest BCUT2D eigenvalue weighted by molar-refractivity contribution is 5.54. The molecular formula is C17H22FN3. The number of rotatable bonds is 7. The molecule has 1 heterocycles. The molecule has 1 aromatic heterocycles. The fraction of sp³-hybridized carbons (Fsp3) is 0.353. The molecule has 112 valence electrons. The van der Waals surface area contributed by atoms with Crippen LogP contribution in [0.2, 0.25) is 0 Å². The van der Waals surface area contributed by atoms with Gasteiger partial charge in [-0.2, -0.15) is 0 Å². The monoisotopic (exact) mass is 287 g/mol. The molecule has 0 fully saturated rings. The number of pyridine rings is 1. The van der Waals surface area contributed by atoms with Gasteiger partial charge in [-0.15, -0.1) is 0 Å². The van der Waals surface area contributed by atoms with Gasteiger partial charge < -0.3 is 10.2 Å². The third-order valence-electron chi connectivity index (χ3n) is 3.34. The van der Waals surface area contributed by atoms with Crippen molar-refractivity contribution in [1.82, 2.24) is 10.3 Å². The van der Waals surface area contributed by atoms with Crippen LogP contribution in [0.15, 0.2) is 42.7 Å². The van der Waals surface area contributed by atoms with Gasteiger partial charge in [0.15, 0.2) is 0 Å². The lowest BCUT2D eigenvalue weighted by molar-refractivity contribution is 0.613. The number of nitrogens with zero attached hydrogens (tertiary/aromatic N) is 2. The second-order valence-corrected chi connectivity index (χ2v) is 5.14. The summed E-state index contributed by atoms with van der Waals surface area (Å²) in [4.78, 5) is 6.04. The van der Waals surface area contributed by atoms with Gasteiger partial charge in [0, 0.05) is 32.5 Å². The second kappa shape index (κ2) is 7.74. The summed E-state index contributed by atoms with van der Waals surface area (Å²) >= 11 is 0. The van der Waals surface area contributed by atoms with E-state index < -0.39 is 0 Å². The van der Waals surface area contributed by atoms with Gasteiger partial charge in [-0.05, 0) is 36.2 Å². The van der Waals surface area contributed by atoms with Crippen molar-refractivity contribution in [1.29, 1.82) is 0 Å². The first kappa shape index (κ1) is 15.4. The van der Waals surface area contributed by atoms with E-state index in [1.807, 2.05) is 36.3 Å². The number of hydrogen-bond donors (Lipinski definition) is 1. The van der Waals surface area contributed by atoms with Gasteiger partial charge in [0.25, 0.3) is 0 Å². The largest absolute Gasteiger partial charge is 0.368 e. The zero-order chi connectivity index (χ0) is 15.1. The van der Waals surface area contributed by atoms with Gasteiger partial charge in [-0.25, -0.2) is 4.39 Å². The van der Waals surface area contributed by atoms with Crippen LogP contribution in [-0.4, -0.2) is 18.6 Å². The minimum atomic E-state index is -0.183. The first-order valence-electron chi connectivity index (χ1n) is 7.30. The average Bonchev–Trinajstić information content (AvgIpc) is 2.48. The number of anilines is 1. The average molecular weight is 287 g/mol. The minimum Gasteiger partial charge on any atom is -0.368 e. The van der Waals surface area contributed by atoms with Crippen LogP contribution >= 0.6 is 0 Å². The lowest BCUT2D eigenvalue weighted by Gasteiger charge is -2.23. The lowest BCUT2D eigenvalue weighted by atomic mass is 10.1. The molecule has 2 rings (SSSR count). The summed E-state index contributed by atoms with van der Waals surface area (Å²) in [6.45, 7) is 4.37. The molecule has 0 radical (unpaired) electrons. The van der Waals surface area contributed by atoms with Crippen molar-refractivity contribution in [3.8, 4) is 0 Å². The molecule has 0 aliphatic heterocycles. The van der Waals surface area contributed by atoms with Gasteiger partial charge in [-0.3, -0.25) is 4.98 Å². The van der Waals surface area contributed by atoms with E-state index in [0.717, 1.165) is 24.1 Å². The number of aromatic nitrogens is 1. The molecule has 0 aliphatic carbocycles. The van der Waals surface area contributed by atoms with E-state index in [2.05, 4.69) is 17.2 Å². The Kier molecular flexibility index (Phi) is 5.69. The predicted molar refractivity (Wildman–Crippen MR) is 84.7 cm³/mol. The molecule has 0 aliphatic rings. The van der Waals surface area contributed by atoms with Crippen LogP contribution < -0.4 is 10.2 Å². The van der Waals surface area contributed by atoms with E-state index in [1.165, 1.54) is 6.07 Å². The molecule has 1 aromatic carbocycles. The molecule has 0 spiro atoms. The Balaban J connectivity index is 2.16. The highest BCUT2D eigenvalue weighted by Gasteiger charge is 2.13. The van der Waals surface area contributed by atoms with E-state index in [-0.39, 0.29) is 5.82 Å². The Bertz CT molecular complexity index is 557. The Morgan fingerprint density at radius 3 is 2.81 bits per heavy atom. The van der Waals surface area contributed by atoms with Gasteiger partial charge in [0.2, 0.25) is 0 Å². The van der Waals surface area contributed by atoms with Gasteiger partial charge in [-0.1, -0.05) is 25.1 Å².